The van der Waals surface area contributed by atoms with Gasteiger partial charge in [0.2, 0.25) is 11.8 Å². The third-order valence-electron chi connectivity index (χ3n) is 7.84. The van der Waals surface area contributed by atoms with Crippen LogP contribution in [0.2, 0.25) is 0 Å². The SMILES string of the molecule is CC(C)(C)OC(=O)N1CCc2c(sc(NC(=O)C(Sc3cccc(NC(=O)C4CC=CCC4C(=O)O)c3)c3ccccc3)c2C#N)C1. The lowest BCUT2D eigenvalue weighted by atomic mass is 9.82. The highest BCUT2D eigenvalue weighted by Gasteiger charge is 2.34. The highest BCUT2D eigenvalue weighted by molar-refractivity contribution is 8.00. The van der Waals surface area contributed by atoms with E-state index in [0.29, 0.717) is 53.5 Å². The number of anilines is 2. The van der Waals surface area contributed by atoms with Gasteiger partial charge in [0.25, 0.3) is 0 Å². The van der Waals surface area contributed by atoms with Crippen LogP contribution in [-0.4, -0.2) is 46.0 Å². The Bertz CT molecular complexity index is 1740. The minimum atomic E-state index is -0.998. The van der Waals surface area contributed by atoms with Crippen LogP contribution in [0, 0.1) is 23.2 Å². The van der Waals surface area contributed by atoms with Crippen LogP contribution in [0.1, 0.15) is 60.4 Å². The van der Waals surface area contributed by atoms with Gasteiger partial charge in [0, 0.05) is 22.0 Å². The van der Waals surface area contributed by atoms with Gasteiger partial charge in [-0.1, -0.05) is 48.6 Å². The first kappa shape index (κ1) is 33.8. The predicted octanol–water partition coefficient (Wildman–Crippen LogP) is 6.99. The molecule has 0 spiro atoms. The largest absolute Gasteiger partial charge is 0.481 e. The van der Waals surface area contributed by atoms with Crippen molar-refractivity contribution < 1.29 is 29.0 Å². The Morgan fingerprint density at radius 1 is 1.04 bits per heavy atom. The molecule has 3 atom stereocenters. The molecule has 1 aromatic heterocycles. The van der Waals surface area contributed by atoms with Crippen molar-refractivity contribution >= 4 is 57.7 Å². The molecule has 5 rings (SSSR count). The number of thioether (sulfide) groups is 1. The molecule has 3 N–H and O–H groups in total. The van der Waals surface area contributed by atoms with Crippen molar-refractivity contribution in [3.63, 3.8) is 0 Å². The molecular formula is C35H36N4O6S2. The number of rotatable bonds is 8. The van der Waals surface area contributed by atoms with Crippen LogP contribution in [0.5, 0.6) is 0 Å². The molecule has 3 aromatic rings. The normalized spacial score (nSPS) is 18.0. The fourth-order valence-electron chi connectivity index (χ4n) is 5.57. The number of nitriles is 1. The first-order valence-electron chi connectivity index (χ1n) is 15.3. The molecule has 0 radical (unpaired) electrons. The molecule has 2 aromatic carbocycles. The van der Waals surface area contributed by atoms with Crippen molar-refractivity contribution in [3.8, 4) is 6.07 Å². The quantitative estimate of drug-likeness (QED) is 0.171. The molecule has 0 saturated heterocycles. The number of nitrogens with zero attached hydrogens (tertiary/aromatic N) is 2. The van der Waals surface area contributed by atoms with Crippen LogP contribution in [0.25, 0.3) is 0 Å². The van der Waals surface area contributed by atoms with E-state index < -0.39 is 34.7 Å². The van der Waals surface area contributed by atoms with Crippen molar-refractivity contribution in [2.45, 2.75) is 62.3 Å². The first-order valence-corrected chi connectivity index (χ1v) is 17.0. The summed E-state index contributed by atoms with van der Waals surface area (Å²) in [6.07, 6.45) is 4.33. The number of benzene rings is 2. The second-order valence-corrected chi connectivity index (χ2v) is 14.7. The number of carbonyl (C=O) groups excluding carboxylic acids is 3. The number of carbonyl (C=O) groups is 4. The van der Waals surface area contributed by atoms with Crippen molar-refractivity contribution in [2.24, 2.45) is 11.8 Å². The van der Waals surface area contributed by atoms with E-state index in [-0.39, 0.29) is 11.8 Å². The molecule has 2 heterocycles. The summed E-state index contributed by atoms with van der Waals surface area (Å²) in [6, 6.07) is 18.6. The number of hydrogen-bond acceptors (Lipinski definition) is 8. The Morgan fingerprint density at radius 3 is 2.45 bits per heavy atom. The minimum absolute atomic E-state index is 0.291. The van der Waals surface area contributed by atoms with Crippen LogP contribution in [0.3, 0.4) is 0 Å². The number of carboxylic acid groups (broad SMARTS) is 1. The van der Waals surface area contributed by atoms with Gasteiger partial charge >= 0.3 is 12.1 Å². The number of amides is 3. The number of carboxylic acids is 1. The van der Waals surface area contributed by atoms with Crippen LogP contribution < -0.4 is 10.6 Å². The number of fused-ring (bicyclic) bond motifs is 1. The van der Waals surface area contributed by atoms with E-state index in [4.69, 9.17) is 4.74 Å². The predicted molar refractivity (Wildman–Crippen MR) is 181 cm³/mol. The Morgan fingerprint density at radius 2 is 1.77 bits per heavy atom. The molecule has 244 valence electrons. The molecule has 47 heavy (non-hydrogen) atoms. The van der Waals surface area contributed by atoms with Gasteiger partial charge in [0.1, 0.15) is 21.9 Å². The summed E-state index contributed by atoms with van der Waals surface area (Å²) in [5, 5.41) is 25.2. The number of aliphatic carboxylic acids is 1. The van der Waals surface area contributed by atoms with E-state index in [1.54, 1.807) is 29.2 Å². The lowest BCUT2D eigenvalue weighted by Crippen LogP contribution is -2.39. The Balaban J connectivity index is 1.34. The van der Waals surface area contributed by atoms with Gasteiger partial charge in [-0.15, -0.1) is 23.1 Å². The molecule has 1 aliphatic heterocycles. The summed E-state index contributed by atoms with van der Waals surface area (Å²) in [6.45, 7) is 6.13. The van der Waals surface area contributed by atoms with Gasteiger partial charge in [-0.25, -0.2) is 4.79 Å². The molecule has 10 nitrogen and oxygen atoms in total. The van der Waals surface area contributed by atoms with E-state index in [0.717, 1.165) is 16.0 Å². The molecule has 3 unspecified atom stereocenters. The van der Waals surface area contributed by atoms with Gasteiger partial charge in [-0.05, 0) is 69.4 Å². The zero-order valence-electron chi connectivity index (χ0n) is 26.3. The maximum atomic E-state index is 13.9. The summed E-state index contributed by atoms with van der Waals surface area (Å²) < 4.78 is 5.54. The van der Waals surface area contributed by atoms with Crippen LogP contribution in [0.15, 0.2) is 71.6 Å². The van der Waals surface area contributed by atoms with E-state index in [9.17, 15) is 29.5 Å². The average molecular weight is 673 g/mol. The summed E-state index contributed by atoms with van der Waals surface area (Å²) in [7, 11) is 0. The Kier molecular flexibility index (Phi) is 10.4. The third kappa shape index (κ3) is 8.22. The topological polar surface area (TPSA) is 149 Å². The zero-order chi connectivity index (χ0) is 33.7. The maximum Gasteiger partial charge on any atom is 0.410 e. The minimum Gasteiger partial charge on any atom is -0.481 e. The number of ether oxygens (including phenoxy) is 1. The summed E-state index contributed by atoms with van der Waals surface area (Å²) in [5.74, 6) is -3.16. The fourth-order valence-corrected chi connectivity index (χ4v) is 7.87. The van der Waals surface area contributed by atoms with E-state index in [1.807, 2.05) is 63.2 Å². The highest BCUT2D eigenvalue weighted by atomic mass is 32.2. The fraction of sp³-hybridized carbons (Fsp3) is 0.343. The number of allylic oxidation sites excluding steroid dienone is 2. The molecule has 12 heteroatoms. The Hall–Kier alpha value is -4.60. The summed E-state index contributed by atoms with van der Waals surface area (Å²) >= 11 is 2.58. The van der Waals surface area contributed by atoms with Crippen LogP contribution >= 0.6 is 23.1 Å². The van der Waals surface area contributed by atoms with E-state index in [1.165, 1.54) is 23.1 Å². The number of thiophene rings is 1. The molecule has 0 bridgehead atoms. The summed E-state index contributed by atoms with van der Waals surface area (Å²) in [5.41, 5.74) is 1.85. The molecule has 1 aliphatic carbocycles. The molecule has 2 aliphatic rings. The maximum absolute atomic E-state index is 13.9. The highest BCUT2D eigenvalue weighted by Crippen LogP contribution is 2.41. The van der Waals surface area contributed by atoms with Gasteiger partial charge in [0.15, 0.2) is 0 Å². The van der Waals surface area contributed by atoms with Crippen LogP contribution in [0.4, 0.5) is 15.5 Å². The molecule has 0 fully saturated rings. The van der Waals surface area contributed by atoms with Crippen molar-refractivity contribution in [1.29, 1.82) is 5.26 Å². The van der Waals surface area contributed by atoms with Crippen molar-refractivity contribution in [1.82, 2.24) is 4.90 Å². The zero-order valence-corrected chi connectivity index (χ0v) is 28.0. The van der Waals surface area contributed by atoms with Gasteiger partial charge in [-0.3, -0.25) is 14.4 Å². The standard InChI is InChI=1S/C35H36N4O6S2/c1-35(2,3)45-34(44)39-17-16-24-27(19-36)32(47-28(24)20-39)38-31(41)29(21-10-5-4-6-11-21)46-23-13-9-12-22(18-23)37-30(40)25-14-7-8-15-26(25)33(42)43/h4-13,18,25-26,29H,14-17,20H2,1-3H3,(H,37,40)(H,38,41)(H,42,43). The number of hydrogen-bond donors (Lipinski definition) is 3. The second-order valence-electron chi connectivity index (χ2n) is 12.4. The average Bonchev–Trinajstić information content (AvgIpc) is 3.39. The first-order chi connectivity index (χ1) is 22.4. The van der Waals surface area contributed by atoms with E-state index in [2.05, 4.69) is 16.7 Å². The Labute approximate surface area is 281 Å². The lowest BCUT2D eigenvalue weighted by molar-refractivity contribution is -0.146. The van der Waals surface area contributed by atoms with Crippen molar-refractivity contribution in [2.75, 3.05) is 17.2 Å². The van der Waals surface area contributed by atoms with E-state index >= 15 is 0 Å². The van der Waals surface area contributed by atoms with Crippen LogP contribution in [-0.2, 0) is 32.1 Å². The van der Waals surface area contributed by atoms with Crippen molar-refractivity contribution in [3.05, 3.63) is 88.3 Å². The van der Waals surface area contributed by atoms with Gasteiger partial charge in [0.05, 0.1) is 23.9 Å². The molecule has 0 saturated carbocycles. The summed E-state index contributed by atoms with van der Waals surface area (Å²) in [4.78, 5) is 54.6. The van der Waals surface area contributed by atoms with Gasteiger partial charge < -0.3 is 25.4 Å². The third-order valence-corrected chi connectivity index (χ3v) is 10.2. The lowest BCUT2D eigenvalue weighted by Gasteiger charge is -2.29. The number of nitrogens with one attached hydrogen (secondary N) is 2. The molecule has 3 amide bonds. The van der Waals surface area contributed by atoms with Gasteiger partial charge in [-0.2, -0.15) is 5.26 Å². The monoisotopic (exact) mass is 672 g/mol. The second kappa shape index (κ2) is 14.4. The smallest absolute Gasteiger partial charge is 0.410 e. The molecular weight excluding hydrogens is 637 g/mol.